The average molecular weight is 126 g/mol. The quantitative estimate of drug-likeness (QED) is 0.520. The Bertz CT molecular complexity index is 102. The van der Waals surface area contributed by atoms with E-state index in [1.165, 1.54) is 25.7 Å². The van der Waals surface area contributed by atoms with Crippen LogP contribution in [0.4, 0.5) is 0 Å². The van der Waals surface area contributed by atoms with Gasteiger partial charge < -0.3 is 4.74 Å². The van der Waals surface area contributed by atoms with Gasteiger partial charge in [0.15, 0.2) is 0 Å². The van der Waals surface area contributed by atoms with Gasteiger partial charge >= 0.3 is 0 Å². The van der Waals surface area contributed by atoms with Crippen molar-refractivity contribution < 1.29 is 4.74 Å². The Morgan fingerprint density at radius 2 is 2.00 bits per heavy atom. The molecule has 1 nitrogen and oxygen atoms in total. The third-order valence-corrected chi connectivity index (χ3v) is 2.96. The van der Waals surface area contributed by atoms with Gasteiger partial charge in [-0.2, -0.15) is 0 Å². The standard InChI is InChI=1S/C8H14O/c1-9-8-3-2-6-4-7(8)5-6/h6-8H,2-5H2,1H3. The molecule has 1 atom stereocenters. The minimum absolute atomic E-state index is 0.620. The lowest BCUT2D eigenvalue weighted by Gasteiger charge is -2.45. The highest BCUT2D eigenvalue weighted by Crippen LogP contribution is 2.46. The summed E-state index contributed by atoms with van der Waals surface area (Å²) >= 11 is 0. The van der Waals surface area contributed by atoms with Crippen LogP contribution in [0.3, 0.4) is 0 Å². The minimum Gasteiger partial charge on any atom is -0.381 e. The van der Waals surface area contributed by atoms with E-state index in [1.54, 1.807) is 0 Å². The van der Waals surface area contributed by atoms with Crippen molar-refractivity contribution >= 4 is 0 Å². The van der Waals surface area contributed by atoms with E-state index in [1.807, 2.05) is 7.11 Å². The van der Waals surface area contributed by atoms with Crippen molar-refractivity contribution in [1.29, 1.82) is 0 Å². The van der Waals surface area contributed by atoms with Crippen LogP contribution in [0.25, 0.3) is 0 Å². The molecule has 0 amide bonds. The second kappa shape index (κ2) is 1.98. The van der Waals surface area contributed by atoms with E-state index in [0.29, 0.717) is 6.10 Å². The highest BCUT2D eigenvalue weighted by Gasteiger charge is 2.39. The molecule has 0 aromatic rings. The van der Waals surface area contributed by atoms with Gasteiger partial charge in [0.25, 0.3) is 0 Å². The summed E-state index contributed by atoms with van der Waals surface area (Å²) < 4.78 is 5.34. The van der Waals surface area contributed by atoms with Crippen LogP contribution < -0.4 is 0 Å². The van der Waals surface area contributed by atoms with E-state index in [-0.39, 0.29) is 0 Å². The summed E-state index contributed by atoms with van der Waals surface area (Å²) in [6.07, 6.45) is 6.28. The molecule has 0 aliphatic heterocycles. The summed E-state index contributed by atoms with van der Waals surface area (Å²) in [6.45, 7) is 0. The molecule has 2 bridgehead atoms. The molecule has 0 radical (unpaired) electrons. The zero-order chi connectivity index (χ0) is 6.27. The monoisotopic (exact) mass is 126 g/mol. The van der Waals surface area contributed by atoms with Gasteiger partial charge in [0.1, 0.15) is 0 Å². The first kappa shape index (κ1) is 5.72. The van der Waals surface area contributed by atoms with Crippen LogP contribution in [-0.2, 0) is 4.74 Å². The number of methoxy groups -OCH3 is 1. The fourth-order valence-electron chi connectivity index (χ4n) is 2.27. The maximum Gasteiger partial charge on any atom is 0.0599 e. The van der Waals surface area contributed by atoms with Crippen LogP contribution in [0.5, 0.6) is 0 Å². The van der Waals surface area contributed by atoms with Gasteiger partial charge in [0.2, 0.25) is 0 Å². The van der Waals surface area contributed by atoms with Crippen molar-refractivity contribution in [2.75, 3.05) is 7.11 Å². The molecule has 0 aromatic carbocycles. The number of rotatable bonds is 1. The molecule has 3 saturated carbocycles. The third kappa shape index (κ3) is 0.787. The van der Waals surface area contributed by atoms with Crippen LogP contribution >= 0.6 is 0 Å². The fourth-order valence-corrected chi connectivity index (χ4v) is 2.27. The van der Waals surface area contributed by atoms with Crippen molar-refractivity contribution in [2.45, 2.75) is 31.8 Å². The van der Waals surface area contributed by atoms with Gasteiger partial charge in [-0.15, -0.1) is 0 Å². The Labute approximate surface area is 56.4 Å². The van der Waals surface area contributed by atoms with E-state index in [2.05, 4.69) is 0 Å². The predicted octanol–water partition coefficient (Wildman–Crippen LogP) is 1.82. The van der Waals surface area contributed by atoms with Gasteiger partial charge in [-0.25, -0.2) is 0 Å². The highest BCUT2D eigenvalue weighted by atomic mass is 16.5. The van der Waals surface area contributed by atoms with Gasteiger partial charge in [-0.3, -0.25) is 0 Å². The maximum absolute atomic E-state index is 5.34. The Hall–Kier alpha value is -0.0400. The molecule has 0 N–H and O–H groups in total. The summed E-state index contributed by atoms with van der Waals surface area (Å²) in [5.41, 5.74) is 0. The zero-order valence-corrected chi connectivity index (χ0v) is 5.97. The fraction of sp³-hybridized carbons (Fsp3) is 1.00. The SMILES string of the molecule is COC1CCC2CC1C2. The normalized spacial score (nSPS) is 48.3. The van der Waals surface area contributed by atoms with E-state index in [4.69, 9.17) is 4.74 Å². The lowest BCUT2D eigenvalue weighted by molar-refractivity contribution is -0.0534. The lowest BCUT2D eigenvalue weighted by Crippen LogP contribution is -2.40. The molecule has 3 aliphatic rings. The Morgan fingerprint density at radius 1 is 1.22 bits per heavy atom. The molecule has 0 heterocycles. The molecule has 3 rings (SSSR count). The summed E-state index contributed by atoms with van der Waals surface area (Å²) in [5.74, 6) is 2.02. The first-order valence-electron chi connectivity index (χ1n) is 3.93. The molecular weight excluding hydrogens is 112 g/mol. The number of hydrogen-bond donors (Lipinski definition) is 0. The number of hydrogen-bond acceptors (Lipinski definition) is 1. The van der Waals surface area contributed by atoms with Crippen LogP contribution in [0, 0.1) is 11.8 Å². The van der Waals surface area contributed by atoms with Crippen LogP contribution in [0.1, 0.15) is 25.7 Å². The second-order valence-electron chi connectivity index (χ2n) is 3.45. The second-order valence-corrected chi connectivity index (χ2v) is 3.45. The van der Waals surface area contributed by atoms with Crippen LogP contribution in [0.15, 0.2) is 0 Å². The molecule has 3 fully saturated rings. The van der Waals surface area contributed by atoms with Crippen molar-refractivity contribution in [3.63, 3.8) is 0 Å². The Kier molecular flexibility index (Phi) is 1.26. The molecule has 0 saturated heterocycles. The van der Waals surface area contributed by atoms with E-state index in [0.717, 1.165) is 11.8 Å². The predicted molar refractivity (Wildman–Crippen MR) is 36.2 cm³/mol. The molecule has 0 spiro atoms. The minimum atomic E-state index is 0.620. The summed E-state index contributed by atoms with van der Waals surface area (Å²) in [4.78, 5) is 0. The Balaban J connectivity index is 1.94. The van der Waals surface area contributed by atoms with E-state index < -0.39 is 0 Å². The lowest BCUT2D eigenvalue weighted by atomic mass is 9.64. The molecule has 1 heteroatoms. The van der Waals surface area contributed by atoms with Crippen molar-refractivity contribution in [3.8, 4) is 0 Å². The van der Waals surface area contributed by atoms with Gasteiger partial charge in [0, 0.05) is 7.11 Å². The summed E-state index contributed by atoms with van der Waals surface area (Å²) in [5, 5.41) is 0. The van der Waals surface area contributed by atoms with Crippen molar-refractivity contribution in [1.82, 2.24) is 0 Å². The smallest absolute Gasteiger partial charge is 0.0599 e. The number of ether oxygens (including phenoxy) is 1. The van der Waals surface area contributed by atoms with E-state index in [9.17, 15) is 0 Å². The van der Waals surface area contributed by atoms with E-state index >= 15 is 0 Å². The third-order valence-electron chi connectivity index (χ3n) is 2.96. The zero-order valence-electron chi connectivity index (χ0n) is 5.97. The van der Waals surface area contributed by atoms with Gasteiger partial charge in [0.05, 0.1) is 6.10 Å². The van der Waals surface area contributed by atoms with Gasteiger partial charge in [-0.1, -0.05) is 0 Å². The summed E-state index contributed by atoms with van der Waals surface area (Å²) in [7, 11) is 1.85. The molecule has 9 heavy (non-hydrogen) atoms. The first-order valence-corrected chi connectivity index (χ1v) is 3.93. The van der Waals surface area contributed by atoms with Crippen LogP contribution in [-0.4, -0.2) is 13.2 Å². The topological polar surface area (TPSA) is 9.23 Å². The average Bonchev–Trinajstić information content (AvgIpc) is 1.86. The molecule has 0 aromatic heterocycles. The molecular formula is C8H14O. The maximum atomic E-state index is 5.34. The number of fused-ring (bicyclic) bond motifs is 2. The van der Waals surface area contributed by atoms with Crippen LogP contribution in [0.2, 0.25) is 0 Å². The van der Waals surface area contributed by atoms with Crippen molar-refractivity contribution in [3.05, 3.63) is 0 Å². The van der Waals surface area contributed by atoms with Gasteiger partial charge in [-0.05, 0) is 37.5 Å². The molecule has 52 valence electrons. The largest absolute Gasteiger partial charge is 0.381 e. The highest BCUT2D eigenvalue weighted by molar-refractivity contribution is 4.90. The Morgan fingerprint density at radius 3 is 2.33 bits per heavy atom. The molecule has 1 unspecified atom stereocenters. The van der Waals surface area contributed by atoms with Crippen molar-refractivity contribution in [2.24, 2.45) is 11.8 Å². The molecule has 3 aliphatic carbocycles. The first-order chi connectivity index (χ1) is 4.40. The summed E-state index contributed by atoms with van der Waals surface area (Å²) in [6, 6.07) is 0.